The molecule has 6 heteroatoms. The molecular weight excluding hydrogens is 270 g/mol. The maximum absolute atomic E-state index is 12.2. The van der Waals surface area contributed by atoms with Gasteiger partial charge in [-0.25, -0.2) is 0 Å². The molecule has 1 unspecified atom stereocenters. The van der Waals surface area contributed by atoms with Crippen molar-refractivity contribution in [3.8, 4) is 5.75 Å². The van der Waals surface area contributed by atoms with Gasteiger partial charge in [0.1, 0.15) is 5.75 Å². The molecule has 1 aromatic carbocycles. The molecule has 0 saturated heterocycles. The van der Waals surface area contributed by atoms with Gasteiger partial charge in [-0.15, -0.1) is 0 Å². The molecule has 0 aliphatic heterocycles. The van der Waals surface area contributed by atoms with E-state index >= 15 is 0 Å². The number of rotatable bonds is 6. The summed E-state index contributed by atoms with van der Waals surface area (Å²) in [7, 11) is 1.51. The van der Waals surface area contributed by atoms with Crippen LogP contribution < -0.4 is 21.1 Å². The van der Waals surface area contributed by atoms with Crippen LogP contribution in [0.3, 0.4) is 0 Å². The van der Waals surface area contributed by atoms with Crippen molar-refractivity contribution in [1.82, 2.24) is 0 Å². The van der Waals surface area contributed by atoms with Gasteiger partial charge >= 0.3 is 0 Å². The second-order valence-electron chi connectivity index (χ2n) is 5.22. The van der Waals surface area contributed by atoms with Crippen LogP contribution in [-0.2, 0) is 9.59 Å². The standard InChI is InChI=1S/C15H23N3O3/c1-5-8-15(3,16)14(20)18-11-6-7-13(21-4)12(9-11)17-10(2)19/h6-7,9H,5,8,16H2,1-4H3,(H,17,19)(H,18,20). The SMILES string of the molecule is CCCC(C)(N)C(=O)Nc1ccc(OC)c(NC(C)=O)c1. The maximum atomic E-state index is 12.2. The van der Waals surface area contributed by atoms with Gasteiger partial charge in [-0.3, -0.25) is 9.59 Å². The average Bonchev–Trinajstić information content (AvgIpc) is 2.38. The summed E-state index contributed by atoms with van der Waals surface area (Å²) in [5.41, 5.74) is 6.11. The van der Waals surface area contributed by atoms with Crippen LogP contribution in [0.1, 0.15) is 33.6 Å². The zero-order chi connectivity index (χ0) is 16.0. The molecule has 1 rings (SSSR count). The zero-order valence-electron chi connectivity index (χ0n) is 12.9. The summed E-state index contributed by atoms with van der Waals surface area (Å²) in [4.78, 5) is 23.3. The molecule has 0 radical (unpaired) electrons. The highest BCUT2D eigenvalue weighted by Gasteiger charge is 2.27. The minimum atomic E-state index is -0.928. The predicted molar refractivity (Wildman–Crippen MR) is 83.4 cm³/mol. The lowest BCUT2D eigenvalue weighted by molar-refractivity contribution is -0.120. The fourth-order valence-electron chi connectivity index (χ4n) is 1.98. The highest BCUT2D eigenvalue weighted by molar-refractivity contribution is 5.99. The highest BCUT2D eigenvalue weighted by Crippen LogP contribution is 2.28. The van der Waals surface area contributed by atoms with Gasteiger partial charge in [0.25, 0.3) is 0 Å². The van der Waals surface area contributed by atoms with Crippen molar-refractivity contribution >= 4 is 23.2 Å². The van der Waals surface area contributed by atoms with Crippen LogP contribution in [0.4, 0.5) is 11.4 Å². The molecule has 1 atom stereocenters. The van der Waals surface area contributed by atoms with E-state index in [1.165, 1.54) is 14.0 Å². The molecule has 0 heterocycles. The molecule has 0 spiro atoms. The first kappa shape index (κ1) is 17.0. The topological polar surface area (TPSA) is 93.5 Å². The van der Waals surface area contributed by atoms with E-state index in [1.807, 2.05) is 6.92 Å². The van der Waals surface area contributed by atoms with Crippen molar-refractivity contribution in [3.05, 3.63) is 18.2 Å². The predicted octanol–water partition coefficient (Wildman–Crippen LogP) is 2.11. The lowest BCUT2D eigenvalue weighted by Gasteiger charge is -2.23. The van der Waals surface area contributed by atoms with Crippen molar-refractivity contribution in [3.63, 3.8) is 0 Å². The largest absolute Gasteiger partial charge is 0.495 e. The van der Waals surface area contributed by atoms with Gasteiger partial charge in [-0.2, -0.15) is 0 Å². The second kappa shape index (κ2) is 7.08. The summed E-state index contributed by atoms with van der Waals surface area (Å²) in [5.74, 6) is 0.0435. The summed E-state index contributed by atoms with van der Waals surface area (Å²) in [6, 6.07) is 5.01. The van der Waals surface area contributed by atoms with Crippen molar-refractivity contribution in [2.24, 2.45) is 5.73 Å². The van der Waals surface area contributed by atoms with Gasteiger partial charge < -0.3 is 21.1 Å². The van der Waals surface area contributed by atoms with E-state index in [-0.39, 0.29) is 11.8 Å². The number of hydrogen-bond acceptors (Lipinski definition) is 4. The second-order valence-corrected chi connectivity index (χ2v) is 5.22. The molecule has 0 aliphatic carbocycles. The lowest BCUT2D eigenvalue weighted by atomic mass is 9.96. The molecule has 21 heavy (non-hydrogen) atoms. The quantitative estimate of drug-likeness (QED) is 0.749. The van der Waals surface area contributed by atoms with Crippen molar-refractivity contribution < 1.29 is 14.3 Å². The minimum Gasteiger partial charge on any atom is -0.495 e. The Morgan fingerprint density at radius 3 is 2.52 bits per heavy atom. The fourth-order valence-corrected chi connectivity index (χ4v) is 1.98. The third-order valence-corrected chi connectivity index (χ3v) is 3.06. The van der Waals surface area contributed by atoms with E-state index in [0.29, 0.717) is 23.5 Å². The molecule has 0 saturated carbocycles. The number of nitrogens with two attached hydrogens (primary N) is 1. The van der Waals surface area contributed by atoms with Crippen LogP contribution in [0.25, 0.3) is 0 Å². The Morgan fingerprint density at radius 2 is 2.00 bits per heavy atom. The first-order chi connectivity index (χ1) is 9.80. The number of benzene rings is 1. The van der Waals surface area contributed by atoms with Crippen molar-refractivity contribution in [2.45, 2.75) is 39.2 Å². The normalized spacial score (nSPS) is 13.2. The number of methoxy groups -OCH3 is 1. The van der Waals surface area contributed by atoms with E-state index in [9.17, 15) is 9.59 Å². The molecule has 6 nitrogen and oxygen atoms in total. The molecule has 0 aliphatic rings. The average molecular weight is 293 g/mol. The van der Waals surface area contributed by atoms with Crippen molar-refractivity contribution in [1.29, 1.82) is 0 Å². The molecule has 0 aromatic heterocycles. The van der Waals surface area contributed by atoms with Gasteiger partial charge in [0.05, 0.1) is 18.3 Å². The van der Waals surface area contributed by atoms with E-state index < -0.39 is 5.54 Å². The molecule has 0 fully saturated rings. The van der Waals surface area contributed by atoms with E-state index in [4.69, 9.17) is 10.5 Å². The van der Waals surface area contributed by atoms with Crippen LogP contribution in [0.15, 0.2) is 18.2 Å². The summed E-state index contributed by atoms with van der Waals surface area (Å²) >= 11 is 0. The summed E-state index contributed by atoms with van der Waals surface area (Å²) in [6.07, 6.45) is 1.41. The van der Waals surface area contributed by atoms with Gasteiger partial charge in [0.2, 0.25) is 11.8 Å². The molecule has 116 valence electrons. The number of amides is 2. The fraction of sp³-hybridized carbons (Fsp3) is 0.467. The van der Waals surface area contributed by atoms with Crippen LogP contribution in [-0.4, -0.2) is 24.5 Å². The van der Waals surface area contributed by atoms with E-state index in [0.717, 1.165) is 6.42 Å². The summed E-state index contributed by atoms with van der Waals surface area (Å²) < 4.78 is 5.16. The monoisotopic (exact) mass is 293 g/mol. The molecule has 4 N–H and O–H groups in total. The molecular formula is C15H23N3O3. The minimum absolute atomic E-state index is 0.216. The lowest BCUT2D eigenvalue weighted by Crippen LogP contribution is -2.48. The molecule has 2 amide bonds. The number of nitrogens with one attached hydrogen (secondary N) is 2. The number of anilines is 2. The number of carbonyl (C=O) groups excluding carboxylic acids is 2. The number of ether oxygens (including phenoxy) is 1. The van der Waals surface area contributed by atoms with E-state index in [1.54, 1.807) is 25.1 Å². The van der Waals surface area contributed by atoms with Crippen LogP contribution in [0, 0.1) is 0 Å². The van der Waals surface area contributed by atoms with Crippen LogP contribution in [0.5, 0.6) is 5.75 Å². The summed E-state index contributed by atoms with van der Waals surface area (Å²) in [6.45, 7) is 5.08. The first-order valence-corrected chi connectivity index (χ1v) is 6.86. The van der Waals surface area contributed by atoms with Gasteiger partial charge in [0, 0.05) is 12.6 Å². The Hall–Kier alpha value is -2.08. The highest BCUT2D eigenvalue weighted by atomic mass is 16.5. The molecule has 1 aromatic rings. The Labute approximate surface area is 125 Å². The molecule has 0 bridgehead atoms. The third kappa shape index (κ3) is 4.75. The Morgan fingerprint density at radius 1 is 1.33 bits per heavy atom. The zero-order valence-corrected chi connectivity index (χ0v) is 12.9. The smallest absolute Gasteiger partial charge is 0.244 e. The number of hydrogen-bond donors (Lipinski definition) is 3. The maximum Gasteiger partial charge on any atom is 0.244 e. The summed E-state index contributed by atoms with van der Waals surface area (Å²) in [5, 5.41) is 5.42. The Balaban J connectivity index is 2.94. The van der Waals surface area contributed by atoms with Gasteiger partial charge in [0.15, 0.2) is 0 Å². The Bertz CT molecular complexity index is 527. The first-order valence-electron chi connectivity index (χ1n) is 6.86. The van der Waals surface area contributed by atoms with E-state index in [2.05, 4.69) is 10.6 Å². The third-order valence-electron chi connectivity index (χ3n) is 3.06. The van der Waals surface area contributed by atoms with Gasteiger partial charge in [-0.1, -0.05) is 13.3 Å². The van der Waals surface area contributed by atoms with Gasteiger partial charge in [-0.05, 0) is 31.5 Å². The van der Waals surface area contributed by atoms with Crippen LogP contribution >= 0.6 is 0 Å². The number of carbonyl (C=O) groups is 2. The van der Waals surface area contributed by atoms with Crippen molar-refractivity contribution in [2.75, 3.05) is 17.7 Å². The Kier molecular flexibility index (Phi) is 5.72. The van der Waals surface area contributed by atoms with Crippen LogP contribution in [0.2, 0.25) is 0 Å².